The van der Waals surface area contributed by atoms with Crippen LogP contribution in [0, 0.1) is 0 Å². The fourth-order valence-corrected chi connectivity index (χ4v) is 5.94. The Kier molecular flexibility index (Phi) is 2.89. The van der Waals surface area contributed by atoms with Gasteiger partial charge in [0.1, 0.15) is 0 Å². The van der Waals surface area contributed by atoms with Gasteiger partial charge in [-0.05, 0) is 11.5 Å². The van der Waals surface area contributed by atoms with E-state index in [0.29, 0.717) is 0 Å². The van der Waals surface area contributed by atoms with Gasteiger partial charge in [0.05, 0.1) is 20.4 Å². The summed E-state index contributed by atoms with van der Waals surface area (Å²) in [6.45, 7) is 8.97. The molecule has 2 unspecified atom stereocenters. The van der Waals surface area contributed by atoms with Gasteiger partial charge < -0.3 is 0 Å². The van der Waals surface area contributed by atoms with E-state index >= 15 is 0 Å². The number of hydrogen-bond donors (Lipinski definition) is 0. The Balaban J connectivity index is 2.74. The van der Waals surface area contributed by atoms with E-state index in [1.807, 2.05) is 0 Å². The molecule has 2 atom stereocenters. The molecular weight excluding hydrogens is 216 g/mol. The third-order valence-corrected chi connectivity index (χ3v) is 7.87. The standard InChI is InChI=1S/C9H20O3SSi/c1-6-9(14(3,4)5)7-8(9)12-13(2,10)11/h8H,6-7H2,1-5H3. The molecule has 0 aromatic heterocycles. The fraction of sp³-hybridized carbons (Fsp3) is 1.00. The van der Waals surface area contributed by atoms with Gasteiger partial charge >= 0.3 is 0 Å². The molecule has 14 heavy (non-hydrogen) atoms. The van der Waals surface area contributed by atoms with E-state index < -0.39 is 18.2 Å². The molecule has 1 saturated carbocycles. The van der Waals surface area contributed by atoms with Crippen LogP contribution in [0.5, 0.6) is 0 Å². The summed E-state index contributed by atoms with van der Waals surface area (Å²) in [5, 5.41) is 0.191. The van der Waals surface area contributed by atoms with Crippen molar-refractivity contribution >= 4 is 18.2 Å². The zero-order valence-electron chi connectivity index (χ0n) is 9.62. The highest BCUT2D eigenvalue weighted by Crippen LogP contribution is 2.64. The number of rotatable bonds is 4. The Morgan fingerprint density at radius 3 is 2.14 bits per heavy atom. The topological polar surface area (TPSA) is 43.4 Å². The summed E-state index contributed by atoms with van der Waals surface area (Å²) in [7, 11) is -4.61. The first kappa shape index (κ1) is 12.2. The Morgan fingerprint density at radius 1 is 1.43 bits per heavy atom. The number of hydrogen-bond acceptors (Lipinski definition) is 3. The lowest BCUT2D eigenvalue weighted by Gasteiger charge is -2.28. The van der Waals surface area contributed by atoms with Gasteiger partial charge in [-0.1, -0.05) is 33.0 Å². The largest absolute Gasteiger partial charge is 0.267 e. The van der Waals surface area contributed by atoms with E-state index in [1.165, 1.54) is 0 Å². The quantitative estimate of drug-likeness (QED) is 0.555. The molecule has 0 radical (unpaired) electrons. The molecule has 0 bridgehead atoms. The van der Waals surface area contributed by atoms with Crippen molar-refractivity contribution in [3.8, 4) is 0 Å². The van der Waals surface area contributed by atoms with Crippen molar-refractivity contribution in [1.82, 2.24) is 0 Å². The Bertz CT molecular complexity index is 317. The average Bonchev–Trinajstić information content (AvgIpc) is 2.58. The lowest BCUT2D eigenvalue weighted by Crippen LogP contribution is -2.32. The molecule has 1 aliphatic rings. The van der Waals surface area contributed by atoms with Crippen LogP contribution in [0.4, 0.5) is 0 Å². The van der Waals surface area contributed by atoms with E-state index in [9.17, 15) is 8.42 Å². The predicted octanol–water partition coefficient (Wildman–Crippen LogP) is 2.22. The van der Waals surface area contributed by atoms with Crippen LogP contribution >= 0.6 is 0 Å². The third-order valence-electron chi connectivity index (χ3n) is 3.42. The Morgan fingerprint density at radius 2 is 1.93 bits per heavy atom. The molecule has 0 aromatic carbocycles. The third kappa shape index (κ3) is 2.20. The van der Waals surface area contributed by atoms with Crippen LogP contribution < -0.4 is 0 Å². The summed E-state index contributed by atoms with van der Waals surface area (Å²) in [5.41, 5.74) is 0. The van der Waals surface area contributed by atoms with Gasteiger partial charge in [0, 0.05) is 0 Å². The van der Waals surface area contributed by atoms with E-state index in [1.54, 1.807) is 0 Å². The molecule has 84 valence electrons. The highest BCUT2D eigenvalue weighted by Gasteiger charge is 2.62. The second-order valence-corrected chi connectivity index (χ2v) is 12.3. The van der Waals surface area contributed by atoms with E-state index in [2.05, 4.69) is 26.6 Å². The summed E-state index contributed by atoms with van der Waals surface area (Å²) >= 11 is 0. The molecule has 0 heterocycles. The van der Waals surface area contributed by atoms with Crippen LogP contribution in [-0.4, -0.2) is 28.9 Å². The SMILES string of the molecule is CCC1([Si](C)(C)C)CC1OS(C)(=O)=O. The van der Waals surface area contributed by atoms with Crippen molar-refractivity contribution in [2.24, 2.45) is 0 Å². The summed E-state index contributed by atoms with van der Waals surface area (Å²) in [5.74, 6) is 0. The van der Waals surface area contributed by atoms with Crippen LogP contribution in [0.1, 0.15) is 19.8 Å². The second kappa shape index (κ2) is 3.32. The molecule has 0 saturated heterocycles. The summed E-state index contributed by atoms with van der Waals surface area (Å²) in [6, 6.07) is 0. The predicted molar refractivity (Wildman–Crippen MR) is 60.7 cm³/mol. The minimum absolute atomic E-state index is 0.0471. The van der Waals surface area contributed by atoms with Crippen molar-refractivity contribution in [1.29, 1.82) is 0 Å². The van der Waals surface area contributed by atoms with Crippen LogP contribution in [0.3, 0.4) is 0 Å². The smallest absolute Gasteiger partial charge is 0.264 e. The van der Waals surface area contributed by atoms with Gasteiger partial charge in [0.15, 0.2) is 0 Å². The molecule has 1 fully saturated rings. The lowest BCUT2D eigenvalue weighted by molar-refractivity contribution is 0.291. The minimum Gasteiger partial charge on any atom is -0.267 e. The molecule has 0 aromatic rings. The fourth-order valence-electron chi connectivity index (χ4n) is 2.30. The molecule has 0 N–H and O–H groups in total. The van der Waals surface area contributed by atoms with Crippen molar-refractivity contribution < 1.29 is 12.6 Å². The molecule has 3 nitrogen and oxygen atoms in total. The van der Waals surface area contributed by atoms with Gasteiger partial charge in [0.2, 0.25) is 0 Å². The molecule has 1 rings (SSSR count). The second-order valence-electron chi connectivity index (χ2n) is 5.25. The minimum atomic E-state index is -3.28. The summed E-state index contributed by atoms with van der Waals surface area (Å²) < 4.78 is 27.1. The molecule has 0 spiro atoms. The highest BCUT2D eigenvalue weighted by atomic mass is 32.2. The summed E-state index contributed by atoms with van der Waals surface area (Å²) in [6.07, 6.45) is 3.04. The first-order valence-electron chi connectivity index (χ1n) is 5.01. The van der Waals surface area contributed by atoms with Gasteiger partial charge in [-0.3, -0.25) is 4.18 Å². The van der Waals surface area contributed by atoms with Crippen LogP contribution in [0.15, 0.2) is 0 Å². The van der Waals surface area contributed by atoms with Gasteiger partial charge in [-0.2, -0.15) is 8.42 Å². The molecular formula is C9H20O3SSi. The Hall–Kier alpha value is 0.127. The Labute approximate surface area is 88.0 Å². The maximum Gasteiger partial charge on any atom is 0.264 e. The zero-order valence-corrected chi connectivity index (χ0v) is 11.4. The van der Waals surface area contributed by atoms with Gasteiger partial charge in [0.25, 0.3) is 10.1 Å². The van der Waals surface area contributed by atoms with Crippen LogP contribution in [0.25, 0.3) is 0 Å². The van der Waals surface area contributed by atoms with Gasteiger partial charge in [-0.25, -0.2) is 0 Å². The maximum atomic E-state index is 11.0. The maximum absolute atomic E-state index is 11.0. The van der Waals surface area contributed by atoms with E-state index in [0.717, 1.165) is 19.1 Å². The van der Waals surface area contributed by atoms with Crippen molar-refractivity contribution in [3.05, 3.63) is 0 Å². The first-order valence-corrected chi connectivity index (χ1v) is 10.3. The molecule has 0 aliphatic heterocycles. The van der Waals surface area contributed by atoms with Crippen LogP contribution in [-0.2, 0) is 14.3 Å². The van der Waals surface area contributed by atoms with E-state index in [-0.39, 0.29) is 11.1 Å². The normalized spacial score (nSPS) is 33.1. The average molecular weight is 236 g/mol. The lowest BCUT2D eigenvalue weighted by atomic mass is 10.3. The first-order chi connectivity index (χ1) is 6.12. The molecule has 5 heteroatoms. The zero-order chi connectivity index (χ0) is 11.2. The summed E-state index contributed by atoms with van der Waals surface area (Å²) in [4.78, 5) is 0. The monoisotopic (exact) mass is 236 g/mol. The van der Waals surface area contributed by atoms with Gasteiger partial charge in [-0.15, -0.1) is 0 Å². The van der Waals surface area contributed by atoms with Crippen molar-refractivity contribution in [2.45, 2.75) is 50.5 Å². The molecule has 0 amide bonds. The highest BCUT2D eigenvalue weighted by molar-refractivity contribution is 7.86. The van der Waals surface area contributed by atoms with Crippen LogP contribution in [0.2, 0.25) is 24.7 Å². The van der Waals surface area contributed by atoms with E-state index in [4.69, 9.17) is 4.18 Å². The van der Waals surface area contributed by atoms with Crippen molar-refractivity contribution in [3.63, 3.8) is 0 Å². The molecule has 1 aliphatic carbocycles. The van der Waals surface area contributed by atoms with Crippen molar-refractivity contribution in [2.75, 3.05) is 6.26 Å².